The molecule has 2 aliphatic rings. The molecule has 4 N–H and O–H groups in total. The molecule has 4 rings (SSSR count). The van der Waals surface area contributed by atoms with Crippen LogP contribution < -0.4 is 21.1 Å². The molecule has 0 radical (unpaired) electrons. The Morgan fingerprint density at radius 1 is 1.10 bits per heavy atom. The topological polar surface area (TPSA) is 89.2 Å². The SMILES string of the molecule is NC1=NC2(CCCCC2)N(c2cc(F)c(OCc3ccccc3)c(Br)c2)C(N)=N1. The summed E-state index contributed by atoms with van der Waals surface area (Å²) in [4.78, 5) is 10.6. The first-order valence-electron chi connectivity index (χ1n) is 9.64. The van der Waals surface area contributed by atoms with Crippen LogP contribution in [-0.4, -0.2) is 17.6 Å². The van der Waals surface area contributed by atoms with Crippen LogP contribution >= 0.6 is 15.9 Å². The summed E-state index contributed by atoms with van der Waals surface area (Å²) < 4.78 is 21.2. The molecule has 2 aromatic carbocycles. The van der Waals surface area contributed by atoms with E-state index in [2.05, 4.69) is 25.9 Å². The number of aliphatic imine (C=N–C) groups is 2. The van der Waals surface area contributed by atoms with Gasteiger partial charge in [0, 0.05) is 6.07 Å². The van der Waals surface area contributed by atoms with E-state index >= 15 is 4.39 Å². The lowest BCUT2D eigenvalue weighted by atomic mass is 9.87. The van der Waals surface area contributed by atoms with E-state index in [1.807, 2.05) is 30.3 Å². The number of benzene rings is 2. The summed E-state index contributed by atoms with van der Waals surface area (Å²) in [5.41, 5.74) is 13.0. The molecule has 0 saturated heterocycles. The lowest BCUT2D eigenvalue weighted by Crippen LogP contribution is -2.58. The van der Waals surface area contributed by atoms with Crippen LogP contribution in [0.15, 0.2) is 56.9 Å². The fraction of sp³-hybridized carbons (Fsp3) is 0.333. The molecule has 2 aromatic rings. The van der Waals surface area contributed by atoms with Gasteiger partial charge in [-0.3, -0.25) is 4.90 Å². The maximum Gasteiger partial charge on any atom is 0.220 e. The normalized spacial score (nSPS) is 18.3. The van der Waals surface area contributed by atoms with E-state index < -0.39 is 11.5 Å². The van der Waals surface area contributed by atoms with E-state index in [0.29, 0.717) is 10.2 Å². The summed E-state index contributed by atoms with van der Waals surface area (Å²) in [6.45, 7) is 0.272. The molecule has 1 fully saturated rings. The van der Waals surface area contributed by atoms with Crippen molar-refractivity contribution in [2.75, 3.05) is 4.90 Å². The van der Waals surface area contributed by atoms with Gasteiger partial charge in [-0.25, -0.2) is 9.38 Å². The molecule has 8 heteroatoms. The van der Waals surface area contributed by atoms with Gasteiger partial charge in [-0.2, -0.15) is 4.99 Å². The van der Waals surface area contributed by atoms with Crippen LogP contribution in [0.4, 0.5) is 10.1 Å². The van der Waals surface area contributed by atoms with Crippen LogP contribution in [0.5, 0.6) is 5.75 Å². The molecule has 0 bridgehead atoms. The number of hydrogen-bond acceptors (Lipinski definition) is 6. The molecule has 0 amide bonds. The monoisotopic (exact) mass is 459 g/mol. The number of hydrogen-bond donors (Lipinski definition) is 2. The zero-order valence-electron chi connectivity index (χ0n) is 15.9. The summed E-state index contributed by atoms with van der Waals surface area (Å²) in [7, 11) is 0. The number of nitrogens with zero attached hydrogens (tertiary/aromatic N) is 3. The highest BCUT2D eigenvalue weighted by molar-refractivity contribution is 9.10. The highest BCUT2D eigenvalue weighted by atomic mass is 79.9. The number of rotatable bonds is 4. The fourth-order valence-electron chi connectivity index (χ4n) is 4.04. The molecule has 1 aliphatic carbocycles. The van der Waals surface area contributed by atoms with Crippen molar-refractivity contribution < 1.29 is 9.13 Å². The summed E-state index contributed by atoms with van der Waals surface area (Å²) in [6.07, 6.45) is 4.71. The van der Waals surface area contributed by atoms with Gasteiger partial charge in [-0.1, -0.05) is 36.8 Å². The molecule has 29 heavy (non-hydrogen) atoms. The van der Waals surface area contributed by atoms with Crippen LogP contribution in [0.25, 0.3) is 0 Å². The number of anilines is 1. The molecule has 152 valence electrons. The van der Waals surface area contributed by atoms with Crippen molar-refractivity contribution in [1.29, 1.82) is 0 Å². The number of halogens is 2. The average Bonchev–Trinajstić information content (AvgIpc) is 2.68. The second-order valence-corrected chi connectivity index (χ2v) is 8.19. The van der Waals surface area contributed by atoms with Crippen LogP contribution in [0, 0.1) is 5.82 Å². The third-order valence-corrected chi connectivity index (χ3v) is 5.91. The van der Waals surface area contributed by atoms with Gasteiger partial charge < -0.3 is 16.2 Å². The average molecular weight is 460 g/mol. The van der Waals surface area contributed by atoms with Crippen molar-refractivity contribution >= 4 is 33.5 Å². The molecule has 6 nitrogen and oxygen atoms in total. The first-order chi connectivity index (χ1) is 14.0. The van der Waals surface area contributed by atoms with Gasteiger partial charge in [0.2, 0.25) is 11.9 Å². The minimum atomic E-state index is -0.619. The van der Waals surface area contributed by atoms with Crippen molar-refractivity contribution in [2.45, 2.75) is 44.4 Å². The summed E-state index contributed by atoms with van der Waals surface area (Å²) in [5, 5.41) is 0. The Morgan fingerprint density at radius 3 is 2.52 bits per heavy atom. The van der Waals surface area contributed by atoms with E-state index in [1.165, 1.54) is 6.07 Å². The highest BCUT2D eigenvalue weighted by Gasteiger charge is 2.43. The Labute approximate surface area is 177 Å². The second kappa shape index (κ2) is 8.02. The Bertz CT molecular complexity index is 934. The van der Waals surface area contributed by atoms with Crippen molar-refractivity contribution in [3.63, 3.8) is 0 Å². The molecular formula is C21H23BrFN5O. The standard InChI is InChI=1S/C21H23BrFN5O/c22-16-11-15(12-17(23)18(16)29-13-14-7-3-1-4-8-14)28-20(25)26-19(24)27-21(28)9-5-2-6-10-21/h1,3-4,7-8,11-12H,2,5-6,9-10,13H2,(H4,24,25,26,27). The third kappa shape index (κ3) is 3.94. The van der Waals surface area contributed by atoms with Crippen LogP contribution in [0.1, 0.15) is 37.7 Å². The molecule has 0 atom stereocenters. The van der Waals surface area contributed by atoms with Crippen LogP contribution in [0.3, 0.4) is 0 Å². The third-order valence-electron chi connectivity index (χ3n) is 5.32. The van der Waals surface area contributed by atoms with E-state index in [0.717, 1.165) is 37.7 Å². The number of guanidine groups is 2. The minimum absolute atomic E-state index is 0.158. The first kappa shape index (κ1) is 19.7. The van der Waals surface area contributed by atoms with Crippen molar-refractivity contribution in [3.8, 4) is 5.75 Å². The van der Waals surface area contributed by atoms with E-state index in [-0.39, 0.29) is 24.3 Å². The van der Waals surface area contributed by atoms with E-state index in [4.69, 9.17) is 16.2 Å². The summed E-state index contributed by atoms with van der Waals surface area (Å²) in [5.74, 6) is 0.0732. The number of ether oxygens (including phenoxy) is 1. The lowest BCUT2D eigenvalue weighted by molar-refractivity contribution is 0.287. The Kier molecular flexibility index (Phi) is 5.45. The largest absolute Gasteiger partial charge is 0.485 e. The smallest absolute Gasteiger partial charge is 0.220 e. The molecule has 1 spiro atoms. The summed E-state index contributed by atoms with van der Waals surface area (Å²) in [6, 6.07) is 12.8. The van der Waals surface area contributed by atoms with Gasteiger partial charge in [0.25, 0.3) is 0 Å². The number of nitrogens with two attached hydrogens (primary N) is 2. The molecule has 1 saturated carbocycles. The molecule has 1 heterocycles. The maximum absolute atomic E-state index is 15.0. The Hall–Kier alpha value is -2.61. The Morgan fingerprint density at radius 2 is 1.83 bits per heavy atom. The van der Waals surface area contributed by atoms with E-state index in [1.54, 1.807) is 11.0 Å². The van der Waals surface area contributed by atoms with Crippen molar-refractivity contribution in [1.82, 2.24) is 0 Å². The molecule has 0 aromatic heterocycles. The lowest BCUT2D eigenvalue weighted by Gasteiger charge is -2.45. The minimum Gasteiger partial charge on any atom is -0.485 e. The van der Waals surface area contributed by atoms with E-state index in [9.17, 15) is 0 Å². The molecular weight excluding hydrogens is 437 g/mol. The van der Waals surface area contributed by atoms with Crippen molar-refractivity contribution in [3.05, 3.63) is 58.3 Å². The predicted octanol–water partition coefficient (Wildman–Crippen LogP) is 4.28. The second-order valence-electron chi connectivity index (χ2n) is 7.33. The summed E-state index contributed by atoms with van der Waals surface area (Å²) >= 11 is 3.45. The maximum atomic E-state index is 15.0. The van der Waals surface area contributed by atoms with Crippen LogP contribution in [-0.2, 0) is 6.61 Å². The van der Waals surface area contributed by atoms with Gasteiger partial charge in [0.1, 0.15) is 12.3 Å². The van der Waals surface area contributed by atoms with Crippen molar-refractivity contribution in [2.24, 2.45) is 21.5 Å². The highest BCUT2D eigenvalue weighted by Crippen LogP contribution is 2.42. The fourth-order valence-corrected chi connectivity index (χ4v) is 4.58. The first-order valence-corrected chi connectivity index (χ1v) is 10.4. The molecule has 0 unspecified atom stereocenters. The van der Waals surface area contributed by atoms with Gasteiger partial charge in [-0.05, 0) is 53.2 Å². The zero-order chi connectivity index (χ0) is 20.4. The van der Waals surface area contributed by atoms with Gasteiger partial charge >= 0.3 is 0 Å². The van der Waals surface area contributed by atoms with Gasteiger partial charge in [0.05, 0.1) is 10.2 Å². The van der Waals surface area contributed by atoms with Gasteiger partial charge in [0.15, 0.2) is 11.6 Å². The Balaban J connectivity index is 1.65. The molecule has 1 aliphatic heterocycles. The predicted molar refractivity (Wildman–Crippen MR) is 116 cm³/mol. The van der Waals surface area contributed by atoms with Gasteiger partial charge in [-0.15, -0.1) is 0 Å². The zero-order valence-corrected chi connectivity index (χ0v) is 17.5. The quantitative estimate of drug-likeness (QED) is 0.713. The van der Waals surface area contributed by atoms with Crippen LogP contribution in [0.2, 0.25) is 0 Å².